The molecule has 1 aliphatic rings. The van der Waals surface area contributed by atoms with E-state index in [0.29, 0.717) is 6.54 Å². The number of nitrogens with two attached hydrogens (primary N) is 1. The minimum atomic E-state index is 0.0655. The molecule has 1 atom stereocenters. The third-order valence-electron chi connectivity index (χ3n) is 2.90. The molecule has 2 rings (SSSR count). The predicted octanol–water partition coefficient (Wildman–Crippen LogP) is 0.483. The molecule has 4 nitrogen and oxygen atoms in total. The molecular formula is C10H15N3O. The molecule has 0 saturated carbocycles. The van der Waals surface area contributed by atoms with Crippen LogP contribution in [-0.4, -0.2) is 29.7 Å². The van der Waals surface area contributed by atoms with E-state index in [1.807, 2.05) is 12.4 Å². The lowest BCUT2D eigenvalue weighted by Gasteiger charge is -2.26. The van der Waals surface area contributed by atoms with Crippen LogP contribution in [0.2, 0.25) is 0 Å². The highest BCUT2D eigenvalue weighted by Crippen LogP contribution is 2.35. The summed E-state index contributed by atoms with van der Waals surface area (Å²) in [6.07, 6.45) is 7.27. The van der Waals surface area contributed by atoms with Gasteiger partial charge in [0.25, 0.3) is 0 Å². The first-order chi connectivity index (χ1) is 6.87. The lowest BCUT2D eigenvalue weighted by molar-refractivity contribution is 0.175. The minimum absolute atomic E-state index is 0.0655. The molecule has 0 radical (unpaired) electrons. The van der Waals surface area contributed by atoms with Gasteiger partial charge in [0.2, 0.25) is 0 Å². The third-order valence-corrected chi connectivity index (χ3v) is 2.90. The van der Waals surface area contributed by atoms with E-state index < -0.39 is 0 Å². The van der Waals surface area contributed by atoms with Crippen LogP contribution in [0.25, 0.3) is 0 Å². The van der Waals surface area contributed by atoms with Gasteiger partial charge in [-0.1, -0.05) is 0 Å². The zero-order chi connectivity index (χ0) is 9.86. The van der Waals surface area contributed by atoms with Gasteiger partial charge in [-0.25, -0.2) is 9.97 Å². The van der Waals surface area contributed by atoms with Gasteiger partial charge in [-0.15, -0.1) is 0 Å². The zero-order valence-corrected chi connectivity index (χ0v) is 8.15. The van der Waals surface area contributed by atoms with Crippen LogP contribution in [0.4, 0.5) is 0 Å². The number of ether oxygens (including phenoxy) is 1. The molecule has 1 aromatic heterocycles. The van der Waals surface area contributed by atoms with Crippen LogP contribution in [0.5, 0.6) is 0 Å². The second-order valence-corrected chi connectivity index (χ2v) is 3.75. The Bertz CT molecular complexity index is 283. The summed E-state index contributed by atoms with van der Waals surface area (Å²) in [7, 11) is 0. The van der Waals surface area contributed by atoms with Gasteiger partial charge in [0.05, 0.1) is 6.61 Å². The fourth-order valence-corrected chi connectivity index (χ4v) is 2.03. The van der Waals surface area contributed by atoms with E-state index in [9.17, 15) is 0 Å². The fraction of sp³-hybridized carbons (Fsp3) is 0.600. The topological polar surface area (TPSA) is 61.0 Å². The Hall–Kier alpha value is -1.00. The van der Waals surface area contributed by atoms with Crippen molar-refractivity contribution in [3.8, 4) is 0 Å². The normalized spacial score (nSPS) is 26.6. The Morgan fingerprint density at radius 3 is 2.79 bits per heavy atom. The summed E-state index contributed by atoms with van der Waals surface area (Å²) in [5.41, 5.74) is 6.86. The Kier molecular flexibility index (Phi) is 2.74. The van der Waals surface area contributed by atoms with Gasteiger partial charge in [-0.2, -0.15) is 0 Å². The fourth-order valence-electron chi connectivity index (χ4n) is 2.03. The van der Waals surface area contributed by atoms with Crippen molar-refractivity contribution >= 4 is 0 Å². The van der Waals surface area contributed by atoms with Gasteiger partial charge in [0, 0.05) is 24.4 Å². The molecule has 0 amide bonds. The van der Waals surface area contributed by atoms with Gasteiger partial charge < -0.3 is 10.5 Å². The average molecular weight is 193 g/mol. The molecule has 0 aromatic carbocycles. The standard InChI is InChI=1S/C10H15N3O/c11-3-1-10(2-4-14-7-10)9-5-12-8-13-6-9/h5-6,8H,1-4,7,11H2. The Morgan fingerprint density at radius 2 is 2.21 bits per heavy atom. The van der Waals surface area contributed by atoms with Crippen molar-refractivity contribution in [2.45, 2.75) is 18.3 Å². The first-order valence-electron chi connectivity index (χ1n) is 4.91. The van der Waals surface area contributed by atoms with Crippen LogP contribution in [0, 0.1) is 0 Å². The Morgan fingerprint density at radius 1 is 1.43 bits per heavy atom. The number of hydrogen-bond acceptors (Lipinski definition) is 4. The summed E-state index contributed by atoms with van der Waals surface area (Å²) < 4.78 is 5.46. The first-order valence-corrected chi connectivity index (χ1v) is 4.91. The van der Waals surface area contributed by atoms with Gasteiger partial charge in [-0.3, -0.25) is 0 Å². The predicted molar refractivity (Wildman–Crippen MR) is 52.8 cm³/mol. The highest BCUT2D eigenvalue weighted by molar-refractivity contribution is 5.20. The molecule has 1 saturated heterocycles. The van der Waals surface area contributed by atoms with E-state index in [0.717, 1.165) is 31.6 Å². The second-order valence-electron chi connectivity index (χ2n) is 3.75. The van der Waals surface area contributed by atoms with Gasteiger partial charge >= 0.3 is 0 Å². The summed E-state index contributed by atoms with van der Waals surface area (Å²) in [5.74, 6) is 0. The van der Waals surface area contributed by atoms with E-state index in [2.05, 4.69) is 9.97 Å². The maximum atomic E-state index is 5.63. The zero-order valence-electron chi connectivity index (χ0n) is 8.15. The molecular weight excluding hydrogens is 178 g/mol. The van der Waals surface area contributed by atoms with Crippen molar-refractivity contribution in [2.24, 2.45) is 5.73 Å². The molecule has 4 heteroatoms. The SMILES string of the molecule is NCCC1(c2cncnc2)CCOC1. The van der Waals surface area contributed by atoms with E-state index in [-0.39, 0.29) is 5.41 Å². The van der Waals surface area contributed by atoms with Crippen LogP contribution in [-0.2, 0) is 10.2 Å². The molecule has 2 heterocycles. The summed E-state index contributed by atoms with van der Waals surface area (Å²) in [6, 6.07) is 0. The largest absolute Gasteiger partial charge is 0.380 e. The number of nitrogens with zero attached hydrogens (tertiary/aromatic N) is 2. The molecule has 76 valence electrons. The Labute approximate surface area is 83.5 Å². The monoisotopic (exact) mass is 193 g/mol. The molecule has 1 unspecified atom stereocenters. The molecule has 0 aliphatic carbocycles. The van der Waals surface area contributed by atoms with E-state index >= 15 is 0 Å². The maximum absolute atomic E-state index is 5.63. The maximum Gasteiger partial charge on any atom is 0.115 e. The van der Waals surface area contributed by atoms with Crippen LogP contribution >= 0.6 is 0 Å². The molecule has 1 aliphatic heterocycles. The second kappa shape index (κ2) is 4.02. The summed E-state index contributed by atoms with van der Waals surface area (Å²) in [4.78, 5) is 8.10. The van der Waals surface area contributed by atoms with Crippen molar-refractivity contribution in [1.29, 1.82) is 0 Å². The van der Waals surface area contributed by atoms with Crippen molar-refractivity contribution in [2.75, 3.05) is 19.8 Å². The molecule has 0 spiro atoms. The van der Waals surface area contributed by atoms with Crippen molar-refractivity contribution in [3.63, 3.8) is 0 Å². The third kappa shape index (κ3) is 1.63. The van der Waals surface area contributed by atoms with E-state index in [1.165, 1.54) is 0 Å². The summed E-state index contributed by atoms with van der Waals surface area (Å²) >= 11 is 0. The van der Waals surface area contributed by atoms with Crippen LogP contribution < -0.4 is 5.73 Å². The minimum Gasteiger partial charge on any atom is -0.380 e. The lowest BCUT2D eigenvalue weighted by atomic mass is 9.78. The first kappa shape index (κ1) is 9.55. The smallest absolute Gasteiger partial charge is 0.115 e. The quantitative estimate of drug-likeness (QED) is 0.758. The lowest BCUT2D eigenvalue weighted by Crippen LogP contribution is -2.29. The molecule has 2 N–H and O–H groups in total. The molecule has 1 aromatic rings. The van der Waals surface area contributed by atoms with Crippen LogP contribution in [0.15, 0.2) is 18.7 Å². The van der Waals surface area contributed by atoms with Crippen molar-refractivity contribution in [3.05, 3.63) is 24.3 Å². The van der Waals surface area contributed by atoms with Gasteiger partial charge in [0.1, 0.15) is 6.33 Å². The molecule has 1 fully saturated rings. The van der Waals surface area contributed by atoms with E-state index in [1.54, 1.807) is 6.33 Å². The van der Waals surface area contributed by atoms with Crippen LogP contribution in [0.3, 0.4) is 0 Å². The number of hydrogen-bond donors (Lipinski definition) is 1. The van der Waals surface area contributed by atoms with Crippen molar-refractivity contribution < 1.29 is 4.74 Å². The van der Waals surface area contributed by atoms with Crippen molar-refractivity contribution in [1.82, 2.24) is 9.97 Å². The summed E-state index contributed by atoms with van der Waals surface area (Å²) in [5, 5.41) is 0. The number of aromatic nitrogens is 2. The average Bonchev–Trinajstić information content (AvgIpc) is 2.70. The van der Waals surface area contributed by atoms with E-state index in [4.69, 9.17) is 10.5 Å². The van der Waals surface area contributed by atoms with Gasteiger partial charge in [0.15, 0.2) is 0 Å². The Balaban J connectivity index is 2.27. The highest BCUT2D eigenvalue weighted by Gasteiger charge is 2.36. The highest BCUT2D eigenvalue weighted by atomic mass is 16.5. The van der Waals surface area contributed by atoms with Crippen LogP contribution in [0.1, 0.15) is 18.4 Å². The number of rotatable bonds is 3. The molecule has 0 bridgehead atoms. The van der Waals surface area contributed by atoms with Gasteiger partial charge in [-0.05, 0) is 24.9 Å². The molecule has 14 heavy (non-hydrogen) atoms. The summed E-state index contributed by atoms with van der Waals surface area (Å²) in [6.45, 7) is 2.24.